The van der Waals surface area contributed by atoms with Crippen molar-refractivity contribution in [2.24, 2.45) is 10.8 Å². The van der Waals surface area contributed by atoms with Crippen LogP contribution in [0.25, 0.3) is 11.1 Å². The van der Waals surface area contributed by atoms with Crippen LogP contribution in [-0.4, -0.2) is 11.2 Å². The fourth-order valence-electron chi connectivity index (χ4n) is 2.34. The van der Waals surface area contributed by atoms with Gasteiger partial charge in [0.05, 0.1) is 11.9 Å². The molecule has 3 N–H and O–H groups in total. The molecule has 0 fully saturated rings. The summed E-state index contributed by atoms with van der Waals surface area (Å²) in [5, 5.41) is 4.27. The quantitative estimate of drug-likeness (QED) is 0.547. The lowest BCUT2D eigenvalue weighted by Gasteiger charge is -2.05. The Kier molecular flexibility index (Phi) is 4.99. The van der Waals surface area contributed by atoms with Gasteiger partial charge in [-0.3, -0.25) is 10.4 Å². The summed E-state index contributed by atoms with van der Waals surface area (Å²) in [5.74, 6) is 0. The van der Waals surface area contributed by atoms with E-state index in [0.29, 0.717) is 0 Å². The van der Waals surface area contributed by atoms with E-state index in [2.05, 4.69) is 15.5 Å². The Labute approximate surface area is 142 Å². The minimum absolute atomic E-state index is 0.0486. The lowest BCUT2D eigenvalue weighted by atomic mass is 10.1. The summed E-state index contributed by atoms with van der Waals surface area (Å²) in [7, 11) is 0. The van der Waals surface area contributed by atoms with Gasteiger partial charge in [-0.15, -0.1) is 0 Å². The molecular weight excluding hydrogens is 296 g/mol. The summed E-state index contributed by atoms with van der Waals surface area (Å²) in [5.41, 5.74) is 14.2. The van der Waals surface area contributed by atoms with Gasteiger partial charge in [0, 0.05) is 18.4 Å². The largest absolute Gasteiger partial charge is 0.324 e. The predicted octanol–water partition coefficient (Wildman–Crippen LogP) is 4.21. The fourth-order valence-corrected chi connectivity index (χ4v) is 2.34. The van der Waals surface area contributed by atoms with Gasteiger partial charge >= 0.3 is 0 Å². The maximum Gasteiger partial charge on any atom is 0.0562 e. The van der Waals surface area contributed by atoms with Gasteiger partial charge in [0.15, 0.2) is 0 Å². The van der Waals surface area contributed by atoms with Crippen molar-refractivity contribution in [3.05, 3.63) is 84.2 Å². The average molecular weight is 316 g/mol. The van der Waals surface area contributed by atoms with E-state index < -0.39 is 0 Å². The van der Waals surface area contributed by atoms with Crippen molar-refractivity contribution in [1.82, 2.24) is 4.98 Å². The molecule has 2 aromatic carbocycles. The molecule has 1 atom stereocenters. The van der Waals surface area contributed by atoms with E-state index in [1.165, 1.54) is 0 Å². The maximum atomic E-state index is 5.84. The molecular formula is C20H20N4. The first-order chi connectivity index (χ1) is 11.7. The Morgan fingerprint density at radius 3 is 2.38 bits per heavy atom. The third-order valence-corrected chi connectivity index (χ3v) is 3.75. The first-order valence-electron chi connectivity index (χ1n) is 7.87. The van der Waals surface area contributed by atoms with Crippen LogP contribution in [-0.2, 0) is 0 Å². The number of hydrazone groups is 1. The maximum absolute atomic E-state index is 5.84. The van der Waals surface area contributed by atoms with Crippen LogP contribution in [0.4, 0.5) is 5.69 Å². The van der Waals surface area contributed by atoms with Crippen molar-refractivity contribution in [1.29, 1.82) is 0 Å². The van der Waals surface area contributed by atoms with Crippen LogP contribution in [0.15, 0.2) is 78.2 Å². The number of hydrogen-bond donors (Lipinski definition) is 2. The molecule has 0 spiro atoms. The monoisotopic (exact) mass is 316 g/mol. The third kappa shape index (κ3) is 4.06. The summed E-state index contributed by atoms with van der Waals surface area (Å²) in [6.07, 6.45) is 5.42. The molecule has 0 bridgehead atoms. The van der Waals surface area contributed by atoms with Gasteiger partial charge in [0.2, 0.25) is 0 Å². The van der Waals surface area contributed by atoms with Gasteiger partial charge in [-0.1, -0.05) is 42.5 Å². The van der Waals surface area contributed by atoms with Crippen molar-refractivity contribution < 1.29 is 0 Å². The summed E-state index contributed by atoms with van der Waals surface area (Å²) >= 11 is 0. The number of anilines is 1. The van der Waals surface area contributed by atoms with Crippen LogP contribution in [0.2, 0.25) is 0 Å². The Balaban J connectivity index is 1.62. The van der Waals surface area contributed by atoms with Crippen molar-refractivity contribution in [2.75, 3.05) is 5.43 Å². The van der Waals surface area contributed by atoms with E-state index in [4.69, 9.17) is 5.73 Å². The highest BCUT2D eigenvalue weighted by Gasteiger charge is 1.98. The molecule has 4 nitrogen and oxygen atoms in total. The first kappa shape index (κ1) is 15.9. The topological polar surface area (TPSA) is 63.3 Å². The highest BCUT2D eigenvalue weighted by molar-refractivity contribution is 5.80. The molecule has 1 unspecified atom stereocenters. The molecule has 0 radical (unpaired) electrons. The zero-order chi connectivity index (χ0) is 16.8. The second-order valence-corrected chi connectivity index (χ2v) is 5.64. The number of nitrogens with two attached hydrogens (primary N) is 1. The van der Waals surface area contributed by atoms with E-state index >= 15 is 0 Å². The minimum Gasteiger partial charge on any atom is -0.324 e. The zero-order valence-electron chi connectivity index (χ0n) is 13.6. The standard InChI is InChI=1S/C20H20N4/c1-15(21)17-6-4-16(5-7-17)13-23-24-20-10-8-18(9-11-20)19-3-2-12-22-14-19/h2-15,24H,21H2,1H3. The summed E-state index contributed by atoms with van der Waals surface area (Å²) in [4.78, 5) is 4.14. The van der Waals surface area contributed by atoms with Crippen LogP contribution < -0.4 is 11.2 Å². The Bertz CT molecular complexity index is 791. The van der Waals surface area contributed by atoms with E-state index in [1.54, 1.807) is 12.4 Å². The molecule has 0 saturated carbocycles. The van der Waals surface area contributed by atoms with E-state index in [9.17, 15) is 0 Å². The zero-order valence-corrected chi connectivity index (χ0v) is 13.6. The molecule has 0 aliphatic carbocycles. The van der Waals surface area contributed by atoms with Gasteiger partial charge in [0.1, 0.15) is 0 Å². The van der Waals surface area contributed by atoms with Crippen LogP contribution in [0.5, 0.6) is 0 Å². The van der Waals surface area contributed by atoms with Gasteiger partial charge < -0.3 is 5.73 Å². The van der Waals surface area contributed by atoms with Crippen molar-refractivity contribution in [2.45, 2.75) is 13.0 Å². The van der Waals surface area contributed by atoms with Gasteiger partial charge in [-0.25, -0.2) is 0 Å². The second kappa shape index (κ2) is 7.53. The number of nitrogens with one attached hydrogen (secondary N) is 1. The van der Waals surface area contributed by atoms with Crippen LogP contribution in [0.1, 0.15) is 24.1 Å². The minimum atomic E-state index is 0.0486. The number of nitrogens with zero attached hydrogens (tertiary/aromatic N) is 2. The van der Waals surface area contributed by atoms with Crippen molar-refractivity contribution >= 4 is 11.9 Å². The normalized spacial score (nSPS) is 12.2. The Morgan fingerprint density at radius 1 is 1.00 bits per heavy atom. The highest BCUT2D eigenvalue weighted by atomic mass is 15.3. The number of rotatable bonds is 5. The van der Waals surface area contributed by atoms with Crippen molar-refractivity contribution in [3.63, 3.8) is 0 Å². The predicted molar refractivity (Wildman–Crippen MR) is 99.9 cm³/mol. The number of benzene rings is 2. The number of aromatic nitrogens is 1. The molecule has 3 rings (SSSR count). The fraction of sp³-hybridized carbons (Fsp3) is 0.100. The van der Waals surface area contributed by atoms with E-state index in [-0.39, 0.29) is 6.04 Å². The van der Waals surface area contributed by atoms with Gasteiger partial charge in [0.25, 0.3) is 0 Å². The molecule has 1 aromatic heterocycles. The molecule has 0 amide bonds. The van der Waals surface area contributed by atoms with Gasteiger partial charge in [-0.05, 0) is 47.4 Å². The Hall–Kier alpha value is -2.98. The summed E-state index contributed by atoms with van der Waals surface area (Å²) < 4.78 is 0. The summed E-state index contributed by atoms with van der Waals surface area (Å²) in [6.45, 7) is 1.97. The first-order valence-corrected chi connectivity index (χ1v) is 7.87. The molecule has 120 valence electrons. The lowest BCUT2D eigenvalue weighted by Crippen LogP contribution is -2.04. The lowest BCUT2D eigenvalue weighted by molar-refractivity contribution is 0.818. The molecule has 4 heteroatoms. The Morgan fingerprint density at radius 2 is 1.75 bits per heavy atom. The third-order valence-electron chi connectivity index (χ3n) is 3.75. The molecule has 3 aromatic rings. The second-order valence-electron chi connectivity index (χ2n) is 5.64. The molecule has 24 heavy (non-hydrogen) atoms. The van der Waals surface area contributed by atoms with Crippen LogP contribution in [0.3, 0.4) is 0 Å². The smallest absolute Gasteiger partial charge is 0.0562 e. The van der Waals surface area contributed by atoms with E-state index in [1.807, 2.05) is 73.8 Å². The number of hydrogen-bond acceptors (Lipinski definition) is 4. The average Bonchev–Trinajstić information content (AvgIpc) is 2.63. The molecule has 0 aliphatic heterocycles. The SMILES string of the molecule is CC(N)c1ccc(C=NNc2ccc(-c3cccnc3)cc2)cc1. The number of pyridine rings is 1. The highest BCUT2D eigenvalue weighted by Crippen LogP contribution is 2.20. The molecule has 0 aliphatic rings. The van der Waals surface area contributed by atoms with E-state index in [0.717, 1.165) is 27.9 Å². The molecule has 1 heterocycles. The van der Waals surface area contributed by atoms with Crippen molar-refractivity contribution in [3.8, 4) is 11.1 Å². The van der Waals surface area contributed by atoms with Crippen LogP contribution >= 0.6 is 0 Å². The summed E-state index contributed by atoms with van der Waals surface area (Å²) in [6, 6.07) is 20.2. The van der Waals surface area contributed by atoms with Crippen LogP contribution in [0, 0.1) is 0 Å². The molecule has 0 saturated heterocycles. The van der Waals surface area contributed by atoms with Gasteiger partial charge in [-0.2, -0.15) is 5.10 Å².